The van der Waals surface area contributed by atoms with E-state index in [4.69, 9.17) is 5.53 Å². The summed E-state index contributed by atoms with van der Waals surface area (Å²) >= 11 is 3.41. The number of hydrogen-bond acceptors (Lipinski definition) is 3. The third-order valence-corrected chi connectivity index (χ3v) is 2.62. The molecule has 0 saturated carbocycles. The summed E-state index contributed by atoms with van der Waals surface area (Å²) in [6, 6.07) is 15.3. The largest absolute Gasteiger partial charge is 0.354 e. The number of halogens is 1. The van der Waals surface area contributed by atoms with Gasteiger partial charge in [-0.15, -0.1) is 0 Å². The molecule has 0 heterocycles. The number of anilines is 2. The van der Waals surface area contributed by atoms with Crippen LogP contribution >= 0.6 is 15.9 Å². The maximum atomic E-state index is 7.07. The van der Waals surface area contributed by atoms with Crippen molar-refractivity contribution in [2.45, 2.75) is 0 Å². The fourth-order valence-electron chi connectivity index (χ4n) is 1.40. The van der Waals surface area contributed by atoms with Crippen molar-refractivity contribution in [3.63, 3.8) is 0 Å². The Morgan fingerprint density at radius 1 is 1.06 bits per heavy atom. The van der Waals surface area contributed by atoms with Crippen molar-refractivity contribution in [1.82, 2.24) is 0 Å². The predicted octanol–water partition coefficient (Wildman–Crippen LogP) is 4.86. The molecule has 0 aromatic heterocycles. The van der Waals surface area contributed by atoms with Gasteiger partial charge in [0.15, 0.2) is 0 Å². The van der Waals surface area contributed by atoms with Gasteiger partial charge in [-0.1, -0.05) is 34.1 Å². The number of rotatable bonds is 3. The minimum Gasteiger partial charge on any atom is -0.354 e. The Balaban J connectivity index is 2.30. The van der Waals surface area contributed by atoms with Crippen molar-refractivity contribution in [2.75, 3.05) is 5.32 Å². The van der Waals surface area contributed by atoms with Gasteiger partial charge in [-0.05, 0) is 30.3 Å². The molecule has 0 spiro atoms. The molecular formula is C12H10BrN3. The monoisotopic (exact) mass is 275 g/mol. The van der Waals surface area contributed by atoms with Gasteiger partial charge >= 0.3 is 0 Å². The fraction of sp³-hybridized carbons (Fsp3) is 0. The van der Waals surface area contributed by atoms with E-state index in [2.05, 4.69) is 26.4 Å². The summed E-state index contributed by atoms with van der Waals surface area (Å²) in [4.78, 5) is 0. The van der Waals surface area contributed by atoms with Crippen LogP contribution in [0.4, 0.5) is 17.1 Å². The number of nitrogens with one attached hydrogen (secondary N) is 2. The van der Waals surface area contributed by atoms with E-state index < -0.39 is 0 Å². The third kappa shape index (κ3) is 2.46. The van der Waals surface area contributed by atoms with Crippen LogP contribution in [0.25, 0.3) is 0 Å². The highest BCUT2D eigenvalue weighted by Crippen LogP contribution is 2.28. The molecule has 3 nitrogen and oxygen atoms in total. The summed E-state index contributed by atoms with van der Waals surface area (Å²) < 4.78 is 1.01. The van der Waals surface area contributed by atoms with Crippen molar-refractivity contribution < 1.29 is 0 Å². The molecule has 2 rings (SSSR count). The average molecular weight is 276 g/mol. The average Bonchev–Trinajstić information content (AvgIpc) is 2.30. The fourth-order valence-corrected chi connectivity index (χ4v) is 1.80. The van der Waals surface area contributed by atoms with Gasteiger partial charge in [0.1, 0.15) is 5.69 Å². The lowest BCUT2D eigenvalue weighted by molar-refractivity contribution is 1.15. The second-order valence-electron chi connectivity index (χ2n) is 3.26. The summed E-state index contributed by atoms with van der Waals surface area (Å²) in [7, 11) is 0. The molecule has 0 aliphatic rings. The lowest BCUT2D eigenvalue weighted by Gasteiger charge is -2.08. The van der Waals surface area contributed by atoms with Crippen LogP contribution < -0.4 is 5.32 Å². The van der Waals surface area contributed by atoms with Crippen molar-refractivity contribution in [1.29, 1.82) is 5.53 Å². The van der Waals surface area contributed by atoms with Crippen molar-refractivity contribution in [3.05, 3.63) is 53.0 Å². The Hall–Kier alpha value is -1.68. The highest BCUT2D eigenvalue weighted by atomic mass is 79.9. The quantitative estimate of drug-likeness (QED) is 0.773. The first-order chi connectivity index (χ1) is 7.79. The summed E-state index contributed by atoms with van der Waals surface area (Å²) in [6.07, 6.45) is 0. The maximum absolute atomic E-state index is 7.07. The lowest BCUT2D eigenvalue weighted by Crippen LogP contribution is -1.89. The first kappa shape index (κ1) is 10.8. The zero-order valence-corrected chi connectivity index (χ0v) is 10.0. The molecule has 16 heavy (non-hydrogen) atoms. The molecule has 4 heteroatoms. The van der Waals surface area contributed by atoms with Gasteiger partial charge in [0.25, 0.3) is 0 Å². The molecule has 0 radical (unpaired) electrons. The normalized spacial score (nSPS) is 9.81. The van der Waals surface area contributed by atoms with E-state index in [0.717, 1.165) is 15.8 Å². The minimum absolute atomic E-state index is 0.627. The van der Waals surface area contributed by atoms with Crippen LogP contribution in [0.5, 0.6) is 0 Å². The zero-order chi connectivity index (χ0) is 11.4. The zero-order valence-electron chi connectivity index (χ0n) is 8.44. The van der Waals surface area contributed by atoms with Gasteiger partial charge in [0, 0.05) is 10.2 Å². The van der Waals surface area contributed by atoms with Crippen LogP contribution in [0.3, 0.4) is 0 Å². The summed E-state index contributed by atoms with van der Waals surface area (Å²) in [5.74, 6) is 0. The van der Waals surface area contributed by atoms with Crippen LogP contribution in [0.15, 0.2) is 58.1 Å². The number of hydrogen-bond donors (Lipinski definition) is 2. The van der Waals surface area contributed by atoms with E-state index in [1.54, 1.807) is 6.07 Å². The first-order valence-corrected chi connectivity index (χ1v) is 5.58. The molecule has 80 valence electrons. The molecule has 0 bridgehead atoms. The van der Waals surface area contributed by atoms with Crippen LogP contribution in [0, 0.1) is 5.53 Å². The smallest absolute Gasteiger partial charge is 0.108 e. The molecule has 0 aliphatic heterocycles. The highest BCUT2D eigenvalue weighted by Gasteiger charge is 2.00. The molecular weight excluding hydrogens is 266 g/mol. The molecule has 0 atom stereocenters. The van der Waals surface area contributed by atoms with Crippen LogP contribution in [-0.2, 0) is 0 Å². The topological polar surface area (TPSA) is 48.2 Å². The van der Waals surface area contributed by atoms with E-state index >= 15 is 0 Å². The van der Waals surface area contributed by atoms with E-state index in [9.17, 15) is 0 Å². The molecule has 0 unspecified atom stereocenters. The van der Waals surface area contributed by atoms with Crippen molar-refractivity contribution in [3.8, 4) is 0 Å². The lowest BCUT2D eigenvalue weighted by atomic mass is 10.2. The van der Waals surface area contributed by atoms with E-state index in [0.29, 0.717) is 5.69 Å². The van der Waals surface area contributed by atoms with Gasteiger partial charge in [0.2, 0.25) is 0 Å². The molecule has 2 N–H and O–H groups in total. The van der Waals surface area contributed by atoms with Gasteiger partial charge in [-0.25, -0.2) is 5.53 Å². The number of benzene rings is 2. The maximum Gasteiger partial charge on any atom is 0.108 e. The standard InChI is InChI=1S/C12H10BrN3/c13-9-4-3-5-10(8-9)15-11-6-1-2-7-12(11)16-14/h1-8,14-15H. The molecule has 2 aromatic rings. The molecule has 0 fully saturated rings. The Morgan fingerprint density at radius 2 is 1.88 bits per heavy atom. The van der Waals surface area contributed by atoms with Crippen LogP contribution in [-0.4, -0.2) is 0 Å². The van der Waals surface area contributed by atoms with E-state index in [1.165, 1.54) is 0 Å². The minimum atomic E-state index is 0.627. The first-order valence-electron chi connectivity index (χ1n) is 4.78. The van der Waals surface area contributed by atoms with Gasteiger partial charge in [-0.2, -0.15) is 5.11 Å². The molecule has 2 aromatic carbocycles. The van der Waals surface area contributed by atoms with E-state index in [-0.39, 0.29) is 0 Å². The van der Waals surface area contributed by atoms with Gasteiger partial charge in [-0.3, -0.25) is 0 Å². The molecule has 0 amide bonds. The third-order valence-electron chi connectivity index (χ3n) is 2.13. The Morgan fingerprint density at radius 3 is 2.62 bits per heavy atom. The second kappa shape index (κ2) is 4.90. The Bertz CT molecular complexity index is 511. The van der Waals surface area contributed by atoms with E-state index in [1.807, 2.05) is 42.5 Å². The van der Waals surface area contributed by atoms with Crippen LogP contribution in [0.1, 0.15) is 0 Å². The molecule has 0 aliphatic carbocycles. The number of para-hydroxylation sites is 2. The summed E-state index contributed by atoms with van der Waals surface area (Å²) in [5.41, 5.74) is 9.49. The van der Waals surface area contributed by atoms with Gasteiger partial charge < -0.3 is 5.32 Å². The Kier molecular flexibility index (Phi) is 3.31. The second-order valence-corrected chi connectivity index (χ2v) is 4.18. The summed E-state index contributed by atoms with van der Waals surface area (Å²) in [6.45, 7) is 0. The van der Waals surface area contributed by atoms with Crippen LogP contribution in [0.2, 0.25) is 0 Å². The Labute approximate surface area is 102 Å². The number of nitrogens with zero attached hydrogens (tertiary/aromatic N) is 1. The van der Waals surface area contributed by atoms with Crippen molar-refractivity contribution >= 4 is 33.0 Å². The SMILES string of the molecule is N=Nc1ccccc1Nc1cccc(Br)c1. The predicted molar refractivity (Wildman–Crippen MR) is 68.7 cm³/mol. The molecule has 0 saturated heterocycles. The van der Waals surface area contributed by atoms with Crippen molar-refractivity contribution in [2.24, 2.45) is 5.11 Å². The van der Waals surface area contributed by atoms with Gasteiger partial charge in [0.05, 0.1) is 5.69 Å². The highest BCUT2D eigenvalue weighted by molar-refractivity contribution is 9.10. The summed E-state index contributed by atoms with van der Waals surface area (Å²) in [5, 5.41) is 6.69.